The number of hydroxylamine groups is 1. The summed E-state index contributed by atoms with van der Waals surface area (Å²) in [5.74, 6) is -1.62. The van der Waals surface area contributed by atoms with Crippen molar-refractivity contribution in [3.8, 4) is 5.75 Å². The molecule has 3 atom stereocenters. The van der Waals surface area contributed by atoms with Gasteiger partial charge in [0.2, 0.25) is 5.91 Å². The molecule has 0 bridgehead atoms. The van der Waals surface area contributed by atoms with E-state index in [-0.39, 0.29) is 11.7 Å². The number of phenolic OH excluding ortho intramolecular Hbond substituents is 1. The first-order valence-corrected chi connectivity index (χ1v) is 9.86. The Morgan fingerprint density at radius 1 is 0.833 bits per heavy atom. The van der Waals surface area contributed by atoms with Gasteiger partial charge in [0, 0.05) is 10.6 Å². The van der Waals surface area contributed by atoms with Crippen molar-refractivity contribution in [3.05, 3.63) is 89.4 Å². The first kappa shape index (κ1) is 18.7. The highest BCUT2D eigenvalue weighted by molar-refractivity contribution is 6.31. The van der Waals surface area contributed by atoms with Crippen molar-refractivity contribution in [3.63, 3.8) is 0 Å². The SMILES string of the molecule is O=C1[C@H]2[C@@H](ON(c3ccccc3)[C@H]2c2ccccc2O)C(=O)N1c1cccc(Cl)c1. The van der Waals surface area contributed by atoms with Crippen molar-refractivity contribution in [2.24, 2.45) is 5.92 Å². The van der Waals surface area contributed by atoms with Crippen LogP contribution in [0.1, 0.15) is 11.6 Å². The molecule has 0 aromatic heterocycles. The summed E-state index contributed by atoms with van der Waals surface area (Å²) in [5.41, 5.74) is 1.61. The number of hydrogen-bond acceptors (Lipinski definition) is 5. The summed E-state index contributed by atoms with van der Waals surface area (Å²) in [6.07, 6.45) is -0.999. The number of phenols is 1. The molecule has 5 rings (SSSR count). The third-order valence-corrected chi connectivity index (χ3v) is 5.68. The number of carbonyl (C=O) groups excluding carboxylic acids is 2. The van der Waals surface area contributed by atoms with Crippen LogP contribution in [0.5, 0.6) is 5.75 Å². The molecule has 2 saturated heterocycles. The Labute approximate surface area is 177 Å². The van der Waals surface area contributed by atoms with Crippen molar-refractivity contribution in [2.75, 3.05) is 9.96 Å². The third kappa shape index (κ3) is 2.84. The molecule has 7 heteroatoms. The van der Waals surface area contributed by atoms with E-state index in [1.54, 1.807) is 53.6 Å². The first-order valence-electron chi connectivity index (χ1n) is 9.48. The Morgan fingerprint density at radius 2 is 1.53 bits per heavy atom. The molecule has 150 valence electrons. The highest BCUT2D eigenvalue weighted by Gasteiger charge is 2.60. The lowest BCUT2D eigenvalue weighted by Crippen LogP contribution is -2.37. The van der Waals surface area contributed by atoms with E-state index < -0.39 is 24.0 Å². The number of imide groups is 1. The van der Waals surface area contributed by atoms with Gasteiger partial charge in [-0.05, 0) is 36.4 Å². The second kappa shape index (κ2) is 7.16. The fraction of sp³-hybridized carbons (Fsp3) is 0.130. The van der Waals surface area contributed by atoms with E-state index in [9.17, 15) is 14.7 Å². The predicted molar refractivity (Wildman–Crippen MR) is 112 cm³/mol. The molecule has 0 radical (unpaired) electrons. The summed E-state index contributed by atoms with van der Waals surface area (Å²) in [7, 11) is 0. The van der Waals surface area contributed by atoms with Crippen molar-refractivity contribution in [1.29, 1.82) is 0 Å². The number of aromatic hydroxyl groups is 1. The fourth-order valence-corrected chi connectivity index (χ4v) is 4.32. The number of nitrogens with zero attached hydrogens (tertiary/aromatic N) is 2. The number of rotatable bonds is 3. The zero-order valence-electron chi connectivity index (χ0n) is 15.7. The lowest BCUT2D eigenvalue weighted by molar-refractivity contribution is -0.126. The quantitative estimate of drug-likeness (QED) is 0.646. The molecule has 1 N–H and O–H groups in total. The van der Waals surface area contributed by atoms with Gasteiger partial charge in [0.05, 0.1) is 17.4 Å². The van der Waals surface area contributed by atoms with Crippen LogP contribution in [0.25, 0.3) is 0 Å². The number of benzene rings is 3. The van der Waals surface area contributed by atoms with Crippen LogP contribution in [0.2, 0.25) is 5.02 Å². The lowest BCUT2D eigenvalue weighted by atomic mass is 9.90. The Kier molecular flexibility index (Phi) is 4.46. The number of anilines is 2. The van der Waals surface area contributed by atoms with E-state index in [2.05, 4.69) is 0 Å². The molecule has 0 saturated carbocycles. The summed E-state index contributed by atoms with van der Waals surface area (Å²) < 4.78 is 0. The zero-order chi connectivity index (χ0) is 20.8. The maximum absolute atomic E-state index is 13.5. The van der Waals surface area contributed by atoms with Gasteiger partial charge < -0.3 is 5.11 Å². The summed E-state index contributed by atoms with van der Waals surface area (Å²) >= 11 is 6.07. The van der Waals surface area contributed by atoms with Crippen LogP contribution in [-0.2, 0) is 14.4 Å². The molecule has 3 aromatic rings. The molecule has 0 spiro atoms. The number of amides is 2. The lowest BCUT2D eigenvalue weighted by Gasteiger charge is -2.29. The molecule has 0 aliphatic carbocycles. The van der Waals surface area contributed by atoms with Crippen LogP contribution in [-0.4, -0.2) is 23.0 Å². The molecule has 3 aromatic carbocycles. The monoisotopic (exact) mass is 420 g/mol. The van der Waals surface area contributed by atoms with Crippen LogP contribution < -0.4 is 9.96 Å². The fourth-order valence-electron chi connectivity index (χ4n) is 4.14. The first-order chi connectivity index (χ1) is 14.6. The largest absolute Gasteiger partial charge is 0.508 e. The Balaban J connectivity index is 1.61. The second-order valence-corrected chi connectivity index (χ2v) is 7.64. The van der Waals surface area contributed by atoms with Crippen molar-refractivity contribution >= 4 is 34.8 Å². The van der Waals surface area contributed by atoms with E-state index in [4.69, 9.17) is 16.4 Å². The molecule has 2 aliphatic heterocycles. The van der Waals surface area contributed by atoms with Crippen LogP contribution in [0.4, 0.5) is 11.4 Å². The predicted octanol–water partition coefficient (Wildman–Crippen LogP) is 4.10. The van der Waals surface area contributed by atoms with E-state index >= 15 is 0 Å². The number of hydrogen-bond donors (Lipinski definition) is 1. The number of halogens is 1. The molecule has 2 heterocycles. The van der Waals surface area contributed by atoms with Crippen LogP contribution in [0.3, 0.4) is 0 Å². The number of carbonyl (C=O) groups is 2. The Bertz CT molecular complexity index is 1140. The standard InChI is InChI=1S/C23H17ClN2O4/c24-14-7-6-10-16(13-14)25-22(28)19-20(17-11-4-5-12-18(17)27)26(30-21(19)23(25)29)15-8-2-1-3-9-15/h1-13,19-21,27H/t19-,20+,21-/m1/s1. The summed E-state index contributed by atoms with van der Waals surface area (Å²) in [4.78, 5) is 33.8. The molecule has 2 amide bonds. The number of para-hydroxylation sites is 2. The molecule has 2 fully saturated rings. The number of fused-ring (bicyclic) bond motifs is 1. The minimum Gasteiger partial charge on any atom is -0.508 e. The minimum atomic E-state index is -0.999. The summed E-state index contributed by atoms with van der Waals surface area (Å²) in [6, 6.07) is 21.9. The van der Waals surface area contributed by atoms with Crippen molar-refractivity contribution in [2.45, 2.75) is 12.1 Å². The van der Waals surface area contributed by atoms with Gasteiger partial charge in [0.1, 0.15) is 11.7 Å². The molecule has 0 unspecified atom stereocenters. The van der Waals surface area contributed by atoms with E-state index in [0.717, 1.165) is 4.90 Å². The van der Waals surface area contributed by atoms with Crippen molar-refractivity contribution < 1.29 is 19.5 Å². The van der Waals surface area contributed by atoms with Gasteiger partial charge in [-0.2, -0.15) is 0 Å². The third-order valence-electron chi connectivity index (χ3n) is 5.45. The van der Waals surface area contributed by atoms with Crippen molar-refractivity contribution in [1.82, 2.24) is 0 Å². The van der Waals surface area contributed by atoms with E-state index in [1.165, 1.54) is 0 Å². The van der Waals surface area contributed by atoms with Gasteiger partial charge in [-0.15, -0.1) is 0 Å². The highest BCUT2D eigenvalue weighted by Crippen LogP contribution is 2.49. The Hall–Kier alpha value is -3.35. The minimum absolute atomic E-state index is 0.0362. The maximum Gasteiger partial charge on any atom is 0.266 e. The van der Waals surface area contributed by atoms with Gasteiger partial charge in [-0.25, -0.2) is 9.96 Å². The Morgan fingerprint density at radius 3 is 2.27 bits per heavy atom. The van der Waals surface area contributed by atoms with Crippen LogP contribution in [0.15, 0.2) is 78.9 Å². The second-order valence-electron chi connectivity index (χ2n) is 7.21. The van der Waals surface area contributed by atoms with Gasteiger partial charge in [-0.1, -0.05) is 54.1 Å². The summed E-state index contributed by atoms with van der Waals surface area (Å²) in [6.45, 7) is 0. The molecular formula is C23H17ClN2O4. The maximum atomic E-state index is 13.5. The average Bonchev–Trinajstić information content (AvgIpc) is 3.25. The normalized spacial score (nSPS) is 23.2. The van der Waals surface area contributed by atoms with Crippen LogP contribution >= 0.6 is 11.6 Å². The van der Waals surface area contributed by atoms with Gasteiger partial charge >= 0.3 is 0 Å². The van der Waals surface area contributed by atoms with E-state index in [0.29, 0.717) is 22.0 Å². The molecular weight excluding hydrogens is 404 g/mol. The molecule has 30 heavy (non-hydrogen) atoms. The molecule has 6 nitrogen and oxygen atoms in total. The topological polar surface area (TPSA) is 70.1 Å². The summed E-state index contributed by atoms with van der Waals surface area (Å²) in [5, 5.41) is 12.5. The van der Waals surface area contributed by atoms with E-state index in [1.807, 2.05) is 30.3 Å². The van der Waals surface area contributed by atoms with Gasteiger partial charge in [0.15, 0.2) is 6.10 Å². The molecule has 2 aliphatic rings. The van der Waals surface area contributed by atoms with Gasteiger partial charge in [-0.3, -0.25) is 14.4 Å². The average molecular weight is 421 g/mol. The smallest absolute Gasteiger partial charge is 0.266 e. The zero-order valence-corrected chi connectivity index (χ0v) is 16.4. The van der Waals surface area contributed by atoms with Crippen LogP contribution in [0, 0.1) is 5.92 Å². The van der Waals surface area contributed by atoms with Gasteiger partial charge in [0.25, 0.3) is 5.91 Å². The highest BCUT2D eigenvalue weighted by atomic mass is 35.5.